The summed E-state index contributed by atoms with van der Waals surface area (Å²) in [6, 6.07) is 1.36. The van der Waals surface area contributed by atoms with Gasteiger partial charge in [-0.05, 0) is 6.07 Å². The molecule has 36 heavy (non-hydrogen) atoms. The maximum Gasteiger partial charge on any atom is 0.472 e. The Morgan fingerprint density at radius 3 is 2.61 bits per heavy atom. The van der Waals surface area contributed by atoms with Gasteiger partial charge < -0.3 is 30.3 Å². The number of hydrogen-bond donors (Lipinski definition) is 5. The van der Waals surface area contributed by atoms with Crippen LogP contribution in [0.2, 0.25) is 0 Å². The first-order chi connectivity index (χ1) is 17.0. The smallest absolute Gasteiger partial charge is 0.394 e. The highest BCUT2D eigenvalue weighted by molar-refractivity contribution is 7.47. The standard InChI is InChI=1S/C18H23FN5O11P/c19-8-5-24(18(29)22-16(8)27)15-4-10(11(6-25)33-15)35-36(30,31)32-7-12-9(26)3-14(34-12)23-2-1-13(20)21-17(23)28/h1-2,5,9-12,14-15,25-26H,3-4,6-7H2,(H,30,31)(H2,20,21,28)(H,22,27,29)/t9-,10+,11-,12+,14+,15+/m0/s1. The van der Waals surface area contributed by atoms with Crippen molar-refractivity contribution in [2.45, 2.75) is 49.7 Å². The van der Waals surface area contributed by atoms with Gasteiger partial charge in [-0.1, -0.05) is 0 Å². The molecule has 198 valence electrons. The fraction of sp³-hybridized carbons (Fsp3) is 0.556. The van der Waals surface area contributed by atoms with Crippen molar-refractivity contribution < 1.29 is 42.6 Å². The monoisotopic (exact) mass is 535 g/mol. The number of aromatic nitrogens is 4. The molecule has 0 aromatic carbocycles. The molecule has 7 atom stereocenters. The zero-order valence-electron chi connectivity index (χ0n) is 18.4. The summed E-state index contributed by atoms with van der Waals surface area (Å²) < 4.78 is 48.9. The summed E-state index contributed by atoms with van der Waals surface area (Å²) in [5.41, 5.74) is 2.51. The van der Waals surface area contributed by atoms with E-state index in [4.69, 9.17) is 24.3 Å². The van der Waals surface area contributed by atoms with Crippen LogP contribution < -0.4 is 22.7 Å². The van der Waals surface area contributed by atoms with Crippen LogP contribution in [0.25, 0.3) is 0 Å². The van der Waals surface area contributed by atoms with Crippen LogP contribution in [-0.2, 0) is 23.1 Å². The van der Waals surface area contributed by atoms with Crippen molar-refractivity contribution in [3.05, 3.63) is 55.6 Å². The third-order valence-electron chi connectivity index (χ3n) is 5.63. The molecule has 1 unspecified atom stereocenters. The third-order valence-corrected chi connectivity index (χ3v) is 6.64. The van der Waals surface area contributed by atoms with E-state index in [1.807, 2.05) is 0 Å². The normalized spacial score (nSPS) is 29.9. The summed E-state index contributed by atoms with van der Waals surface area (Å²) in [4.78, 5) is 50.7. The summed E-state index contributed by atoms with van der Waals surface area (Å²) in [7, 11) is -4.83. The van der Waals surface area contributed by atoms with E-state index in [1.165, 1.54) is 12.3 Å². The van der Waals surface area contributed by atoms with Crippen molar-refractivity contribution in [2.24, 2.45) is 0 Å². The van der Waals surface area contributed by atoms with E-state index in [2.05, 4.69) is 4.98 Å². The van der Waals surface area contributed by atoms with Crippen molar-refractivity contribution >= 4 is 13.6 Å². The molecule has 0 bridgehead atoms. The number of ether oxygens (including phenoxy) is 2. The predicted molar refractivity (Wildman–Crippen MR) is 115 cm³/mol. The quantitative estimate of drug-likeness (QED) is 0.229. The van der Waals surface area contributed by atoms with Crippen LogP contribution in [0, 0.1) is 5.82 Å². The van der Waals surface area contributed by atoms with Gasteiger partial charge in [0.05, 0.1) is 25.5 Å². The lowest BCUT2D eigenvalue weighted by atomic mass is 10.2. The molecule has 4 rings (SSSR count). The number of aliphatic hydroxyl groups excluding tert-OH is 2. The molecule has 0 saturated carbocycles. The highest BCUT2D eigenvalue weighted by Gasteiger charge is 2.43. The Bertz CT molecular complexity index is 1330. The second-order valence-corrected chi connectivity index (χ2v) is 9.48. The Morgan fingerprint density at radius 2 is 1.92 bits per heavy atom. The minimum absolute atomic E-state index is 0.00271. The molecule has 16 nitrogen and oxygen atoms in total. The van der Waals surface area contributed by atoms with Crippen molar-refractivity contribution in [3.63, 3.8) is 0 Å². The molecule has 0 aliphatic carbocycles. The second kappa shape index (κ2) is 10.3. The minimum Gasteiger partial charge on any atom is -0.394 e. The molecule has 0 radical (unpaired) electrons. The van der Waals surface area contributed by atoms with Crippen molar-refractivity contribution in [1.29, 1.82) is 0 Å². The van der Waals surface area contributed by atoms with E-state index in [1.54, 1.807) is 4.98 Å². The Hall–Kier alpha value is -2.76. The van der Waals surface area contributed by atoms with Crippen molar-refractivity contribution in [3.8, 4) is 0 Å². The molecule has 18 heteroatoms. The number of anilines is 1. The first kappa shape index (κ1) is 26.3. The van der Waals surface area contributed by atoms with Gasteiger partial charge in [0.15, 0.2) is 0 Å². The lowest BCUT2D eigenvalue weighted by molar-refractivity contribution is -0.0576. The van der Waals surface area contributed by atoms with Crippen LogP contribution in [0.3, 0.4) is 0 Å². The van der Waals surface area contributed by atoms with Crippen LogP contribution in [0.4, 0.5) is 10.2 Å². The largest absolute Gasteiger partial charge is 0.472 e. The number of phosphoric acid groups is 1. The average molecular weight is 535 g/mol. The number of H-pyrrole nitrogens is 1. The average Bonchev–Trinajstić information content (AvgIpc) is 3.37. The van der Waals surface area contributed by atoms with E-state index >= 15 is 0 Å². The summed E-state index contributed by atoms with van der Waals surface area (Å²) in [6.07, 6.45) is -5.24. The lowest BCUT2D eigenvalue weighted by Crippen LogP contribution is -2.34. The lowest BCUT2D eigenvalue weighted by Gasteiger charge is -2.21. The molecule has 2 aromatic heterocycles. The van der Waals surface area contributed by atoms with E-state index in [9.17, 15) is 38.4 Å². The molecular weight excluding hydrogens is 512 g/mol. The summed E-state index contributed by atoms with van der Waals surface area (Å²) in [5, 5.41) is 19.8. The van der Waals surface area contributed by atoms with Gasteiger partial charge in [-0.25, -0.2) is 14.2 Å². The van der Waals surface area contributed by atoms with Crippen LogP contribution >= 0.6 is 7.82 Å². The zero-order valence-corrected chi connectivity index (χ0v) is 19.3. The van der Waals surface area contributed by atoms with E-state index in [0.717, 1.165) is 4.57 Å². The van der Waals surface area contributed by atoms with Gasteiger partial charge in [-0.2, -0.15) is 9.37 Å². The minimum atomic E-state index is -4.83. The predicted octanol–water partition coefficient (Wildman–Crippen LogP) is -2.05. The number of nitrogens with two attached hydrogens (primary N) is 1. The third kappa shape index (κ3) is 5.63. The Labute approximate surface area is 200 Å². The summed E-state index contributed by atoms with van der Waals surface area (Å²) in [5.74, 6) is -1.26. The Balaban J connectivity index is 1.38. The van der Waals surface area contributed by atoms with Crippen LogP contribution in [0.15, 0.2) is 32.8 Å². The van der Waals surface area contributed by atoms with Crippen molar-refractivity contribution in [1.82, 2.24) is 19.1 Å². The molecule has 2 aromatic rings. The molecule has 4 heterocycles. The number of rotatable bonds is 8. The number of nitrogens with one attached hydrogen (secondary N) is 1. The number of nitrogens with zero attached hydrogens (tertiary/aromatic N) is 3. The molecule has 2 aliphatic rings. The van der Waals surface area contributed by atoms with Gasteiger partial charge in [0.1, 0.15) is 36.6 Å². The SMILES string of the molecule is Nc1ccn([C@H]2C[C@H](O)[C@@H](COP(=O)(O)O[C@@H]3C[C@H](n4cc(F)c(=O)[nH]c4=O)O[C@H]3CO)O2)c(=O)n1. The number of aromatic amines is 1. The first-order valence-corrected chi connectivity index (χ1v) is 12.1. The van der Waals surface area contributed by atoms with Crippen LogP contribution in [0.1, 0.15) is 25.3 Å². The second-order valence-electron chi connectivity index (χ2n) is 8.07. The van der Waals surface area contributed by atoms with Gasteiger partial charge in [0, 0.05) is 19.0 Å². The highest BCUT2D eigenvalue weighted by atomic mass is 31.2. The van der Waals surface area contributed by atoms with Gasteiger partial charge in [-0.3, -0.25) is 28.0 Å². The molecular formula is C18H23FN5O11P. The van der Waals surface area contributed by atoms with Crippen LogP contribution in [0.5, 0.6) is 0 Å². The fourth-order valence-corrected chi connectivity index (χ4v) is 4.83. The maximum absolute atomic E-state index is 13.6. The van der Waals surface area contributed by atoms with Gasteiger partial charge in [0.25, 0.3) is 5.56 Å². The molecule has 2 saturated heterocycles. The molecule has 2 aliphatic heterocycles. The van der Waals surface area contributed by atoms with E-state index < -0.39 is 80.7 Å². The fourth-order valence-electron chi connectivity index (χ4n) is 3.87. The van der Waals surface area contributed by atoms with Gasteiger partial charge in [0.2, 0.25) is 5.82 Å². The molecule has 6 N–H and O–H groups in total. The number of aliphatic hydroxyl groups is 2. The van der Waals surface area contributed by atoms with Crippen molar-refractivity contribution in [2.75, 3.05) is 18.9 Å². The summed E-state index contributed by atoms with van der Waals surface area (Å²) >= 11 is 0. The molecule has 2 fully saturated rings. The molecule has 0 amide bonds. The Morgan fingerprint density at radius 1 is 1.22 bits per heavy atom. The number of hydrogen-bond acceptors (Lipinski definition) is 12. The Kier molecular flexibility index (Phi) is 7.53. The van der Waals surface area contributed by atoms with Gasteiger partial charge in [-0.15, -0.1) is 0 Å². The molecule has 0 spiro atoms. The van der Waals surface area contributed by atoms with E-state index in [-0.39, 0.29) is 18.7 Å². The number of halogens is 1. The number of phosphoric ester groups is 1. The maximum atomic E-state index is 13.6. The van der Waals surface area contributed by atoms with E-state index in [0.29, 0.717) is 10.8 Å². The summed E-state index contributed by atoms with van der Waals surface area (Å²) in [6.45, 7) is -1.29. The first-order valence-electron chi connectivity index (χ1n) is 10.6. The zero-order chi connectivity index (χ0) is 26.2. The van der Waals surface area contributed by atoms with Gasteiger partial charge >= 0.3 is 19.2 Å². The highest BCUT2D eigenvalue weighted by Crippen LogP contribution is 2.48. The van der Waals surface area contributed by atoms with Crippen LogP contribution in [-0.4, -0.2) is 71.8 Å². The topological polar surface area (TPSA) is 230 Å². The number of nitrogen functional groups attached to an aromatic ring is 1.